The number of carbonyl (C=O) groups excluding carboxylic acids is 1. The lowest BCUT2D eigenvalue weighted by Crippen LogP contribution is -2.56. The van der Waals surface area contributed by atoms with Crippen molar-refractivity contribution in [2.24, 2.45) is 0 Å². The largest absolute Gasteiger partial charge is 0.336 e. The fourth-order valence-corrected chi connectivity index (χ4v) is 4.53. The molecule has 1 fully saturated rings. The molecule has 2 aromatic carbocycles. The highest BCUT2D eigenvalue weighted by Crippen LogP contribution is 2.27. The minimum Gasteiger partial charge on any atom is -0.336 e. The number of nitrogens with zero attached hydrogens (tertiary/aromatic N) is 1. The van der Waals surface area contributed by atoms with E-state index in [1.165, 1.54) is 17.0 Å². The molecule has 23 heavy (non-hydrogen) atoms. The summed E-state index contributed by atoms with van der Waals surface area (Å²) < 4.78 is 38.4. The third kappa shape index (κ3) is 3.03. The van der Waals surface area contributed by atoms with Gasteiger partial charge in [0.15, 0.2) is 9.84 Å². The van der Waals surface area contributed by atoms with E-state index in [1.807, 2.05) is 0 Å². The van der Waals surface area contributed by atoms with E-state index in [0.29, 0.717) is 10.0 Å². The van der Waals surface area contributed by atoms with Gasteiger partial charge in [0, 0.05) is 17.6 Å². The van der Waals surface area contributed by atoms with Crippen LogP contribution in [0, 0.1) is 5.82 Å². The first-order chi connectivity index (χ1) is 10.9. The second-order valence-electron chi connectivity index (χ2n) is 5.31. The molecular formula is C16H13BrFNO3S. The summed E-state index contributed by atoms with van der Waals surface area (Å²) in [5.41, 5.74) is 0.505. The van der Waals surface area contributed by atoms with Crippen molar-refractivity contribution in [3.63, 3.8) is 0 Å². The molecule has 0 atom stereocenters. The first-order valence-corrected chi connectivity index (χ1v) is 9.27. The number of rotatable bonds is 3. The molecule has 1 amide bonds. The maximum Gasteiger partial charge on any atom is 0.255 e. The Morgan fingerprint density at radius 1 is 1.09 bits per heavy atom. The molecule has 0 aliphatic carbocycles. The van der Waals surface area contributed by atoms with Crippen LogP contribution < -0.4 is 0 Å². The molecule has 0 N–H and O–H groups in total. The predicted molar refractivity (Wildman–Crippen MR) is 87.4 cm³/mol. The van der Waals surface area contributed by atoms with Gasteiger partial charge >= 0.3 is 0 Å². The Bertz CT molecular complexity index is 846. The molecule has 1 aliphatic heterocycles. The van der Waals surface area contributed by atoms with Crippen molar-refractivity contribution in [3.05, 3.63) is 64.4 Å². The molecule has 0 unspecified atom stereocenters. The van der Waals surface area contributed by atoms with Gasteiger partial charge in [0.1, 0.15) is 11.1 Å². The molecule has 1 aliphatic rings. The van der Waals surface area contributed by atoms with E-state index < -0.39 is 20.9 Å². The molecule has 4 nitrogen and oxygen atoms in total. The number of likely N-dealkylation sites (tertiary alicyclic amines) is 1. The molecular weight excluding hydrogens is 385 g/mol. The molecule has 0 radical (unpaired) electrons. The Labute approximate surface area is 142 Å². The zero-order valence-electron chi connectivity index (χ0n) is 11.9. The lowest BCUT2D eigenvalue weighted by atomic mass is 10.1. The van der Waals surface area contributed by atoms with E-state index in [9.17, 15) is 17.6 Å². The Morgan fingerprint density at radius 3 is 2.30 bits per heavy atom. The number of amides is 1. The first-order valence-electron chi connectivity index (χ1n) is 6.93. The Balaban J connectivity index is 1.72. The molecule has 1 saturated heterocycles. The van der Waals surface area contributed by atoms with E-state index in [2.05, 4.69) is 15.9 Å². The number of sulfone groups is 1. The summed E-state index contributed by atoms with van der Waals surface area (Å²) >= 11 is 3.32. The van der Waals surface area contributed by atoms with Crippen LogP contribution in [-0.2, 0) is 9.84 Å². The molecule has 120 valence electrons. The summed E-state index contributed by atoms with van der Waals surface area (Å²) in [6, 6.07) is 11.8. The lowest BCUT2D eigenvalue weighted by molar-refractivity contribution is 0.0658. The summed E-state index contributed by atoms with van der Waals surface area (Å²) in [6.07, 6.45) is 0. The van der Waals surface area contributed by atoms with Crippen molar-refractivity contribution in [3.8, 4) is 0 Å². The van der Waals surface area contributed by atoms with Gasteiger partial charge in [-0.3, -0.25) is 4.79 Å². The van der Waals surface area contributed by atoms with Crippen LogP contribution in [0.5, 0.6) is 0 Å². The lowest BCUT2D eigenvalue weighted by Gasteiger charge is -2.38. The summed E-state index contributed by atoms with van der Waals surface area (Å²) in [7, 11) is -3.55. The van der Waals surface area contributed by atoms with Crippen LogP contribution in [0.15, 0.2) is 57.9 Å². The highest BCUT2D eigenvalue weighted by atomic mass is 79.9. The van der Waals surface area contributed by atoms with E-state index in [4.69, 9.17) is 0 Å². The number of hydrogen-bond donors (Lipinski definition) is 0. The number of halogens is 2. The quantitative estimate of drug-likeness (QED) is 0.748. The first kappa shape index (κ1) is 16.1. The van der Waals surface area contributed by atoms with Crippen LogP contribution in [0.1, 0.15) is 10.4 Å². The average molecular weight is 398 g/mol. The van der Waals surface area contributed by atoms with Crippen LogP contribution in [0.3, 0.4) is 0 Å². The highest BCUT2D eigenvalue weighted by molar-refractivity contribution is 9.10. The molecule has 0 saturated carbocycles. The second-order valence-corrected chi connectivity index (χ2v) is 8.39. The molecule has 7 heteroatoms. The van der Waals surface area contributed by atoms with Gasteiger partial charge in [-0.2, -0.15) is 0 Å². The Morgan fingerprint density at radius 2 is 1.70 bits per heavy atom. The van der Waals surface area contributed by atoms with Crippen LogP contribution in [0.2, 0.25) is 0 Å². The van der Waals surface area contributed by atoms with Crippen LogP contribution >= 0.6 is 15.9 Å². The van der Waals surface area contributed by atoms with E-state index in [1.54, 1.807) is 24.3 Å². The van der Waals surface area contributed by atoms with Crippen LogP contribution in [0.25, 0.3) is 0 Å². The summed E-state index contributed by atoms with van der Waals surface area (Å²) in [5, 5.41) is -0.653. The van der Waals surface area contributed by atoms with Crippen LogP contribution in [-0.4, -0.2) is 37.6 Å². The zero-order valence-corrected chi connectivity index (χ0v) is 14.3. The van der Waals surface area contributed by atoms with E-state index in [0.717, 1.165) is 12.1 Å². The molecule has 0 aromatic heterocycles. The minimum atomic E-state index is -3.55. The topological polar surface area (TPSA) is 54.5 Å². The summed E-state index contributed by atoms with van der Waals surface area (Å²) in [6.45, 7) is 0.278. The number of hydrogen-bond acceptors (Lipinski definition) is 3. The fraction of sp³-hybridized carbons (Fsp3) is 0.188. The van der Waals surface area contributed by atoms with E-state index >= 15 is 0 Å². The van der Waals surface area contributed by atoms with Crippen LogP contribution in [0.4, 0.5) is 4.39 Å². The van der Waals surface area contributed by atoms with Crippen molar-refractivity contribution in [1.29, 1.82) is 0 Å². The predicted octanol–water partition coefficient (Wildman–Crippen LogP) is 2.89. The maximum absolute atomic E-state index is 12.9. The monoisotopic (exact) mass is 397 g/mol. The van der Waals surface area contributed by atoms with Crippen molar-refractivity contribution in [2.75, 3.05) is 13.1 Å². The molecule has 3 rings (SSSR count). The molecule has 0 bridgehead atoms. The summed E-state index contributed by atoms with van der Waals surface area (Å²) in [5.74, 6) is -0.689. The molecule has 0 spiro atoms. The summed E-state index contributed by atoms with van der Waals surface area (Å²) in [4.78, 5) is 13.9. The minimum absolute atomic E-state index is 0.0805. The highest BCUT2D eigenvalue weighted by Gasteiger charge is 2.41. The number of benzene rings is 2. The van der Waals surface area contributed by atoms with Gasteiger partial charge < -0.3 is 4.90 Å². The number of carbonyl (C=O) groups is 1. The van der Waals surface area contributed by atoms with Gasteiger partial charge in [-0.1, -0.05) is 12.1 Å². The van der Waals surface area contributed by atoms with Gasteiger partial charge in [-0.25, -0.2) is 12.8 Å². The van der Waals surface area contributed by atoms with Crippen molar-refractivity contribution < 1.29 is 17.6 Å². The third-order valence-electron chi connectivity index (χ3n) is 3.82. The fourth-order valence-electron chi connectivity index (χ4n) is 2.42. The van der Waals surface area contributed by atoms with Gasteiger partial charge in [0.05, 0.1) is 10.5 Å². The van der Waals surface area contributed by atoms with Crippen molar-refractivity contribution in [1.82, 2.24) is 4.90 Å². The van der Waals surface area contributed by atoms with Gasteiger partial charge in [-0.15, -0.1) is 0 Å². The Kier molecular flexibility index (Phi) is 4.25. The average Bonchev–Trinajstić information content (AvgIpc) is 2.46. The molecule has 2 aromatic rings. The SMILES string of the molecule is O=C(c1ccccc1Br)N1CC(S(=O)(=O)c2ccc(F)cc2)C1. The maximum atomic E-state index is 12.9. The standard InChI is InChI=1S/C16H13BrFNO3S/c17-15-4-2-1-3-14(15)16(20)19-9-13(10-19)23(21,22)12-7-5-11(18)6-8-12/h1-8,13H,9-10H2. The normalized spacial score (nSPS) is 15.3. The molecule has 1 heterocycles. The van der Waals surface area contributed by atoms with Crippen molar-refractivity contribution in [2.45, 2.75) is 10.1 Å². The smallest absolute Gasteiger partial charge is 0.255 e. The van der Waals surface area contributed by atoms with Gasteiger partial charge in [-0.05, 0) is 52.3 Å². The third-order valence-corrected chi connectivity index (χ3v) is 6.62. The zero-order chi connectivity index (χ0) is 16.6. The van der Waals surface area contributed by atoms with Crippen molar-refractivity contribution >= 4 is 31.7 Å². The Hall–Kier alpha value is -1.73. The van der Waals surface area contributed by atoms with Gasteiger partial charge in [0.25, 0.3) is 5.91 Å². The van der Waals surface area contributed by atoms with Gasteiger partial charge in [0.2, 0.25) is 0 Å². The second kappa shape index (κ2) is 6.05. The van der Waals surface area contributed by atoms with E-state index in [-0.39, 0.29) is 23.9 Å².